The number of benzene rings is 2. The third-order valence-corrected chi connectivity index (χ3v) is 5.39. The molecule has 0 bridgehead atoms. The molecule has 0 saturated carbocycles. The standard InChI is InChI=1S/C23H26N4O4/c1-30-20-7-3-2-6-19(20)27-14-12-26(13-15-27)11-5-4-10-24-22(28)17-8-9-18-21(16-17)31-23(29)25-18/h2-9,16H,10-15H2,1H3,(H,24,28)(H,25,29)/b5-4+. The Morgan fingerprint density at radius 3 is 2.77 bits per heavy atom. The number of piperazine rings is 1. The van der Waals surface area contributed by atoms with E-state index in [1.807, 2.05) is 24.3 Å². The van der Waals surface area contributed by atoms with E-state index in [0.29, 0.717) is 23.2 Å². The molecule has 1 aromatic heterocycles. The Morgan fingerprint density at radius 1 is 1.16 bits per heavy atom. The van der Waals surface area contributed by atoms with Crippen LogP contribution in [-0.2, 0) is 0 Å². The van der Waals surface area contributed by atoms with E-state index in [1.54, 1.807) is 25.3 Å². The number of aromatic nitrogens is 1. The van der Waals surface area contributed by atoms with E-state index < -0.39 is 5.76 Å². The first-order chi connectivity index (χ1) is 15.1. The summed E-state index contributed by atoms with van der Waals surface area (Å²) in [5, 5.41) is 2.85. The topological polar surface area (TPSA) is 90.8 Å². The van der Waals surface area contributed by atoms with Gasteiger partial charge in [0.1, 0.15) is 5.75 Å². The lowest BCUT2D eigenvalue weighted by Gasteiger charge is -2.36. The Balaban J connectivity index is 1.21. The van der Waals surface area contributed by atoms with E-state index in [1.165, 1.54) is 0 Å². The summed E-state index contributed by atoms with van der Waals surface area (Å²) in [7, 11) is 1.70. The molecule has 0 spiro atoms. The van der Waals surface area contributed by atoms with Crippen LogP contribution in [0.4, 0.5) is 5.69 Å². The van der Waals surface area contributed by atoms with E-state index in [4.69, 9.17) is 9.15 Å². The number of nitrogens with zero attached hydrogens (tertiary/aromatic N) is 2. The van der Waals surface area contributed by atoms with Gasteiger partial charge in [-0.2, -0.15) is 0 Å². The van der Waals surface area contributed by atoms with Crippen molar-refractivity contribution >= 4 is 22.7 Å². The Hall–Kier alpha value is -3.52. The molecule has 2 heterocycles. The monoisotopic (exact) mass is 422 g/mol. The molecule has 8 heteroatoms. The Bertz CT molecular complexity index is 1130. The van der Waals surface area contributed by atoms with Gasteiger partial charge in [0.2, 0.25) is 0 Å². The average molecular weight is 422 g/mol. The molecule has 4 rings (SSSR count). The molecule has 8 nitrogen and oxygen atoms in total. The fourth-order valence-electron chi connectivity index (χ4n) is 3.71. The van der Waals surface area contributed by atoms with Gasteiger partial charge in [-0.25, -0.2) is 4.79 Å². The number of carbonyl (C=O) groups is 1. The van der Waals surface area contributed by atoms with Crippen molar-refractivity contribution in [1.29, 1.82) is 0 Å². The zero-order valence-corrected chi connectivity index (χ0v) is 17.5. The van der Waals surface area contributed by atoms with E-state index in [0.717, 1.165) is 44.2 Å². The van der Waals surface area contributed by atoms with Gasteiger partial charge in [-0.1, -0.05) is 24.3 Å². The number of fused-ring (bicyclic) bond motifs is 1. The molecule has 1 fully saturated rings. The lowest BCUT2D eigenvalue weighted by atomic mass is 10.2. The number of aromatic amines is 1. The SMILES string of the molecule is COc1ccccc1N1CCN(C/C=C/CNC(=O)c2ccc3[nH]c(=O)oc3c2)CC1. The van der Waals surface area contributed by atoms with Crippen LogP contribution in [0.25, 0.3) is 11.1 Å². The smallest absolute Gasteiger partial charge is 0.417 e. The number of rotatable bonds is 7. The molecule has 1 amide bonds. The lowest BCUT2D eigenvalue weighted by molar-refractivity contribution is 0.0958. The molecule has 0 aliphatic carbocycles. The first kappa shape index (κ1) is 20.7. The lowest BCUT2D eigenvalue weighted by Crippen LogP contribution is -2.46. The summed E-state index contributed by atoms with van der Waals surface area (Å²) < 4.78 is 10.5. The van der Waals surface area contributed by atoms with Gasteiger partial charge in [-0.3, -0.25) is 14.7 Å². The van der Waals surface area contributed by atoms with Gasteiger partial charge in [0.05, 0.1) is 18.3 Å². The number of ether oxygens (including phenoxy) is 1. The number of carbonyl (C=O) groups excluding carboxylic acids is 1. The minimum absolute atomic E-state index is 0.208. The van der Waals surface area contributed by atoms with E-state index in [2.05, 4.69) is 32.2 Å². The highest BCUT2D eigenvalue weighted by Crippen LogP contribution is 2.28. The van der Waals surface area contributed by atoms with Gasteiger partial charge in [0.25, 0.3) is 5.91 Å². The van der Waals surface area contributed by atoms with Crippen molar-refractivity contribution in [2.45, 2.75) is 0 Å². The van der Waals surface area contributed by atoms with E-state index in [-0.39, 0.29) is 5.91 Å². The summed E-state index contributed by atoms with van der Waals surface area (Å²) in [6, 6.07) is 13.0. The molecule has 0 radical (unpaired) electrons. The molecule has 162 valence electrons. The van der Waals surface area contributed by atoms with Crippen LogP contribution >= 0.6 is 0 Å². The molecular formula is C23H26N4O4. The molecule has 0 unspecified atom stereocenters. The summed E-state index contributed by atoms with van der Waals surface area (Å²) >= 11 is 0. The third kappa shape index (κ3) is 4.97. The summed E-state index contributed by atoms with van der Waals surface area (Å²) in [5.74, 6) is 0.171. The van der Waals surface area contributed by atoms with Gasteiger partial charge >= 0.3 is 5.76 Å². The van der Waals surface area contributed by atoms with Crippen LogP contribution in [0, 0.1) is 0 Å². The molecule has 1 saturated heterocycles. The number of methoxy groups -OCH3 is 1. The van der Waals surface area contributed by atoms with Crippen molar-refractivity contribution in [3.05, 3.63) is 70.7 Å². The molecular weight excluding hydrogens is 396 g/mol. The van der Waals surface area contributed by atoms with Gasteiger partial charge in [0, 0.05) is 44.8 Å². The van der Waals surface area contributed by atoms with Crippen LogP contribution in [0.5, 0.6) is 5.75 Å². The minimum Gasteiger partial charge on any atom is -0.495 e. The van der Waals surface area contributed by atoms with Crippen LogP contribution in [0.3, 0.4) is 0 Å². The van der Waals surface area contributed by atoms with Crippen molar-refractivity contribution in [2.24, 2.45) is 0 Å². The summed E-state index contributed by atoms with van der Waals surface area (Å²) in [4.78, 5) is 30.8. The molecule has 31 heavy (non-hydrogen) atoms. The molecule has 1 aliphatic rings. The number of oxazole rings is 1. The third-order valence-electron chi connectivity index (χ3n) is 5.39. The second-order valence-corrected chi connectivity index (χ2v) is 7.37. The number of hydrogen-bond donors (Lipinski definition) is 2. The number of amides is 1. The van der Waals surface area contributed by atoms with Gasteiger partial charge < -0.3 is 19.4 Å². The first-order valence-electron chi connectivity index (χ1n) is 10.3. The maximum absolute atomic E-state index is 12.3. The zero-order valence-electron chi connectivity index (χ0n) is 17.5. The van der Waals surface area contributed by atoms with Crippen LogP contribution in [-0.4, -0.2) is 62.2 Å². The van der Waals surface area contributed by atoms with Crippen molar-refractivity contribution in [3.8, 4) is 5.75 Å². The van der Waals surface area contributed by atoms with E-state index >= 15 is 0 Å². The maximum atomic E-state index is 12.3. The fraction of sp³-hybridized carbons (Fsp3) is 0.304. The van der Waals surface area contributed by atoms with Crippen LogP contribution in [0.2, 0.25) is 0 Å². The largest absolute Gasteiger partial charge is 0.495 e. The summed E-state index contributed by atoms with van der Waals surface area (Å²) in [6.45, 7) is 5.11. The van der Waals surface area contributed by atoms with Gasteiger partial charge in [-0.15, -0.1) is 0 Å². The van der Waals surface area contributed by atoms with Gasteiger partial charge in [-0.05, 0) is 30.3 Å². The Kier molecular flexibility index (Phi) is 6.37. The van der Waals surface area contributed by atoms with Crippen molar-refractivity contribution in [2.75, 3.05) is 51.3 Å². The highest BCUT2D eigenvalue weighted by Gasteiger charge is 2.18. The van der Waals surface area contributed by atoms with Crippen molar-refractivity contribution < 1.29 is 13.9 Å². The summed E-state index contributed by atoms with van der Waals surface area (Å²) in [6.07, 6.45) is 4.03. The molecule has 0 atom stereocenters. The first-order valence-corrected chi connectivity index (χ1v) is 10.3. The van der Waals surface area contributed by atoms with Crippen molar-refractivity contribution in [3.63, 3.8) is 0 Å². The zero-order chi connectivity index (χ0) is 21.6. The highest BCUT2D eigenvalue weighted by atomic mass is 16.5. The van der Waals surface area contributed by atoms with Gasteiger partial charge in [0.15, 0.2) is 5.58 Å². The minimum atomic E-state index is -0.528. The number of nitrogens with one attached hydrogen (secondary N) is 2. The predicted octanol–water partition coefficient (Wildman–Crippen LogP) is 2.24. The van der Waals surface area contributed by atoms with Crippen LogP contribution in [0.15, 0.2) is 63.8 Å². The number of H-pyrrole nitrogens is 1. The van der Waals surface area contributed by atoms with Crippen LogP contribution in [0.1, 0.15) is 10.4 Å². The average Bonchev–Trinajstić information content (AvgIpc) is 3.18. The number of anilines is 1. The normalized spacial score (nSPS) is 14.9. The second-order valence-electron chi connectivity index (χ2n) is 7.37. The quantitative estimate of drug-likeness (QED) is 0.568. The second kappa shape index (κ2) is 9.53. The fourth-order valence-corrected chi connectivity index (χ4v) is 3.71. The summed E-state index contributed by atoms with van der Waals surface area (Å²) in [5.41, 5.74) is 2.55. The number of hydrogen-bond acceptors (Lipinski definition) is 6. The maximum Gasteiger partial charge on any atom is 0.417 e. The van der Waals surface area contributed by atoms with E-state index in [9.17, 15) is 9.59 Å². The number of para-hydroxylation sites is 2. The van der Waals surface area contributed by atoms with Crippen LogP contribution < -0.4 is 20.7 Å². The Morgan fingerprint density at radius 2 is 1.97 bits per heavy atom. The molecule has 1 aliphatic heterocycles. The molecule has 2 aromatic carbocycles. The molecule has 3 aromatic rings. The van der Waals surface area contributed by atoms with Crippen molar-refractivity contribution in [1.82, 2.24) is 15.2 Å². The molecule has 2 N–H and O–H groups in total. The predicted molar refractivity (Wildman–Crippen MR) is 120 cm³/mol. The Labute approximate surface area is 180 Å². The highest BCUT2D eigenvalue weighted by molar-refractivity contribution is 5.97.